The van der Waals surface area contributed by atoms with Gasteiger partial charge in [0, 0.05) is 42.2 Å². The van der Waals surface area contributed by atoms with Crippen molar-refractivity contribution < 1.29 is 16.5 Å². The number of hydrogen-bond acceptors (Lipinski definition) is 2. The van der Waals surface area contributed by atoms with E-state index in [2.05, 4.69) is 99.9 Å². The van der Waals surface area contributed by atoms with Crippen LogP contribution in [0.4, 0.5) is 11.4 Å². The van der Waals surface area contributed by atoms with E-state index in [1.54, 1.807) is 0 Å². The van der Waals surface area contributed by atoms with Crippen LogP contribution in [0.2, 0.25) is 0 Å². The van der Waals surface area contributed by atoms with Gasteiger partial charge < -0.3 is 0 Å². The van der Waals surface area contributed by atoms with Gasteiger partial charge in [-0.1, -0.05) is 257 Å². The molecule has 0 unspecified atom stereocenters. The second kappa shape index (κ2) is 50.3. The summed E-state index contributed by atoms with van der Waals surface area (Å²) in [5, 5.41) is 0. The molecule has 0 aliphatic carbocycles. The molecule has 2 aromatic carbocycles. The molecule has 0 atom stereocenters. The molecule has 0 radical (unpaired) electrons. The molecule has 0 heterocycles. The maximum atomic E-state index is 5.47. The van der Waals surface area contributed by atoms with Crippen molar-refractivity contribution in [3.8, 4) is 23.7 Å². The van der Waals surface area contributed by atoms with Gasteiger partial charge in [0.2, 0.25) is 0 Å². The van der Waals surface area contributed by atoms with E-state index < -0.39 is 0 Å². The summed E-state index contributed by atoms with van der Waals surface area (Å²) >= 11 is 0. The summed E-state index contributed by atoms with van der Waals surface area (Å²) in [6.45, 7) is 9.18. The van der Waals surface area contributed by atoms with Crippen molar-refractivity contribution in [2.75, 3.05) is 0 Å². The van der Waals surface area contributed by atoms with Gasteiger partial charge in [-0.2, -0.15) is 0 Å². The fraction of sp³-hybridized carbons (Fsp3) is 0.727. The number of para-hydroxylation sites is 2. The van der Waals surface area contributed by atoms with Crippen molar-refractivity contribution in [2.45, 2.75) is 310 Å². The SMILES string of the molecule is CCCCCCCCCCCCCCCCCC#CCCCc1ccccc1N=C(CCCC)C(CCCC)=Nc1ccccc1CCCC#CCCCCCCCCCCCCCCCCC.[Ni]. The summed E-state index contributed by atoms with van der Waals surface area (Å²) in [6, 6.07) is 17.6. The van der Waals surface area contributed by atoms with Gasteiger partial charge in [-0.25, -0.2) is 0 Å². The van der Waals surface area contributed by atoms with Crippen molar-refractivity contribution in [2.24, 2.45) is 9.98 Å². The summed E-state index contributed by atoms with van der Waals surface area (Å²) in [5.74, 6) is 14.0. The van der Waals surface area contributed by atoms with Crippen molar-refractivity contribution in [3.63, 3.8) is 0 Å². The van der Waals surface area contributed by atoms with E-state index in [0.717, 1.165) is 101 Å². The summed E-state index contributed by atoms with van der Waals surface area (Å²) < 4.78 is 0. The minimum Gasteiger partial charge on any atom is -0.251 e. The van der Waals surface area contributed by atoms with E-state index in [1.165, 1.54) is 215 Å². The molecule has 0 fully saturated rings. The minimum absolute atomic E-state index is 0. The van der Waals surface area contributed by atoms with Crippen LogP contribution in [0.5, 0.6) is 0 Å². The van der Waals surface area contributed by atoms with Crippen LogP contribution in [-0.4, -0.2) is 11.4 Å². The topological polar surface area (TPSA) is 24.7 Å². The summed E-state index contributed by atoms with van der Waals surface area (Å²) in [5.41, 5.74) is 7.25. The molecule has 0 saturated carbocycles. The second-order valence-electron chi connectivity index (χ2n) is 20.4. The molecule has 2 aromatic rings. The van der Waals surface area contributed by atoms with Gasteiger partial charge in [-0.15, -0.1) is 23.7 Å². The average Bonchev–Trinajstić information content (AvgIpc) is 3.36. The number of aliphatic imine (C=N–C) groups is 2. The molecule has 0 amide bonds. The Labute approximate surface area is 440 Å². The Morgan fingerprint density at radius 3 is 0.841 bits per heavy atom. The van der Waals surface area contributed by atoms with Crippen molar-refractivity contribution >= 4 is 22.8 Å². The molecule has 392 valence electrons. The van der Waals surface area contributed by atoms with Gasteiger partial charge in [0.1, 0.15) is 0 Å². The predicted molar refractivity (Wildman–Crippen MR) is 307 cm³/mol. The van der Waals surface area contributed by atoms with Gasteiger partial charge in [-0.3, -0.25) is 9.98 Å². The van der Waals surface area contributed by atoms with E-state index in [4.69, 9.17) is 9.98 Å². The summed E-state index contributed by atoms with van der Waals surface area (Å²) in [7, 11) is 0. The zero-order valence-electron chi connectivity index (χ0n) is 45.9. The van der Waals surface area contributed by atoms with Crippen LogP contribution in [0, 0.1) is 23.7 Å². The van der Waals surface area contributed by atoms with Crippen LogP contribution in [0.25, 0.3) is 0 Å². The molecular formula is C66H108N2Ni. The standard InChI is InChI=1S/C66H108N2.Ni/c1-5-9-13-15-17-19-21-23-25-27-29-31-33-35-37-39-41-43-45-47-53-61-55-49-51-59-63(61)67-65(57-11-7-3)66(58-12-8-4)68-64-60-52-50-56-62(64)54-48-46-44-42-40-38-36-34-32-30-28-26-24-22-20-18-16-14-10-6-2;/h49-52,55-56,59-60H,5-40,45-48,53-54,57-58H2,1-4H3;. The first kappa shape index (κ1) is 64.4. The van der Waals surface area contributed by atoms with E-state index in [1.807, 2.05) is 0 Å². The molecule has 2 rings (SSSR count). The van der Waals surface area contributed by atoms with E-state index in [0.29, 0.717) is 0 Å². The van der Waals surface area contributed by atoms with Gasteiger partial charge in [-0.05, 0) is 87.5 Å². The zero-order chi connectivity index (χ0) is 48.5. The van der Waals surface area contributed by atoms with Crippen molar-refractivity contribution in [1.82, 2.24) is 0 Å². The summed E-state index contributed by atoms with van der Waals surface area (Å²) in [4.78, 5) is 10.9. The number of benzene rings is 2. The quantitative estimate of drug-likeness (QED) is 0.0273. The number of aryl methyl sites for hydroxylation is 2. The third-order valence-electron chi connectivity index (χ3n) is 13.9. The zero-order valence-corrected chi connectivity index (χ0v) is 46.9. The molecule has 0 aliphatic heterocycles. The Bertz CT molecular complexity index is 1510. The molecule has 0 spiro atoms. The fourth-order valence-corrected chi connectivity index (χ4v) is 9.43. The maximum Gasteiger partial charge on any atom is 0.0665 e. The van der Waals surface area contributed by atoms with Gasteiger partial charge in [0.25, 0.3) is 0 Å². The molecule has 0 aliphatic rings. The molecular weight excluding hydrogens is 879 g/mol. The second-order valence-corrected chi connectivity index (χ2v) is 20.4. The van der Waals surface area contributed by atoms with Gasteiger partial charge in [0.15, 0.2) is 0 Å². The first-order valence-electron chi connectivity index (χ1n) is 30.0. The van der Waals surface area contributed by atoms with Crippen LogP contribution >= 0.6 is 0 Å². The van der Waals surface area contributed by atoms with Gasteiger partial charge in [0.05, 0.1) is 22.8 Å². The maximum absolute atomic E-state index is 5.47. The normalized spacial score (nSPS) is 11.5. The average molecular weight is 988 g/mol. The van der Waals surface area contributed by atoms with E-state index >= 15 is 0 Å². The van der Waals surface area contributed by atoms with Crippen LogP contribution in [-0.2, 0) is 29.3 Å². The van der Waals surface area contributed by atoms with E-state index in [9.17, 15) is 0 Å². The Morgan fingerprint density at radius 2 is 0.551 bits per heavy atom. The molecule has 0 bridgehead atoms. The molecule has 69 heavy (non-hydrogen) atoms. The smallest absolute Gasteiger partial charge is 0.0665 e. The van der Waals surface area contributed by atoms with Crippen LogP contribution in [0.15, 0.2) is 58.5 Å². The molecule has 0 N–H and O–H groups in total. The largest absolute Gasteiger partial charge is 0.251 e. The monoisotopic (exact) mass is 987 g/mol. The Morgan fingerprint density at radius 1 is 0.304 bits per heavy atom. The molecule has 3 heteroatoms. The number of nitrogens with zero attached hydrogens (tertiary/aromatic N) is 2. The van der Waals surface area contributed by atoms with Crippen molar-refractivity contribution in [1.29, 1.82) is 0 Å². The Balaban J connectivity index is 0.0000238. The van der Waals surface area contributed by atoms with Crippen LogP contribution < -0.4 is 0 Å². The van der Waals surface area contributed by atoms with Crippen molar-refractivity contribution in [3.05, 3.63) is 59.7 Å². The Kier molecular flexibility index (Phi) is 47.0. The molecule has 2 nitrogen and oxygen atoms in total. The van der Waals surface area contributed by atoms with Crippen LogP contribution in [0.1, 0.15) is 308 Å². The van der Waals surface area contributed by atoms with Crippen LogP contribution in [0.3, 0.4) is 0 Å². The Hall–Kier alpha value is -2.61. The third kappa shape index (κ3) is 37.8. The first-order valence-corrected chi connectivity index (χ1v) is 30.0. The number of unbranched alkanes of at least 4 members (excludes halogenated alkanes) is 34. The third-order valence-corrected chi connectivity index (χ3v) is 13.9. The summed E-state index contributed by atoms with van der Waals surface area (Å²) in [6.07, 6.45) is 57.0. The number of rotatable bonds is 45. The minimum atomic E-state index is 0. The van der Waals surface area contributed by atoms with E-state index in [-0.39, 0.29) is 16.5 Å². The fourth-order valence-electron chi connectivity index (χ4n) is 9.43. The molecule has 0 aromatic heterocycles. The number of hydrogen-bond donors (Lipinski definition) is 0. The van der Waals surface area contributed by atoms with Gasteiger partial charge >= 0.3 is 0 Å². The molecule has 0 saturated heterocycles. The first-order chi connectivity index (χ1) is 33.7. The predicted octanol–water partition coefficient (Wildman–Crippen LogP) is 22.1.